The number of carbonyl (C=O) groups is 1. The summed E-state index contributed by atoms with van der Waals surface area (Å²) in [5.41, 5.74) is 1.17. The van der Waals surface area contributed by atoms with Crippen molar-refractivity contribution in [1.82, 2.24) is 10.5 Å². The van der Waals surface area contributed by atoms with Crippen LogP contribution in [-0.4, -0.2) is 24.2 Å². The van der Waals surface area contributed by atoms with Crippen LogP contribution in [0.4, 0.5) is 0 Å². The Morgan fingerprint density at radius 3 is 2.79 bits per heavy atom. The normalized spacial score (nSPS) is 19.2. The maximum atomic E-state index is 12.7. The quantitative estimate of drug-likeness (QED) is 0.914. The summed E-state index contributed by atoms with van der Waals surface area (Å²) in [5.74, 6) is 1.55. The van der Waals surface area contributed by atoms with Gasteiger partial charge in [-0.3, -0.25) is 4.79 Å². The van der Waals surface area contributed by atoms with Crippen LogP contribution in [0.1, 0.15) is 44.2 Å². The van der Waals surface area contributed by atoms with E-state index in [1.807, 2.05) is 30.3 Å². The van der Waals surface area contributed by atoms with Crippen LogP contribution < -0.4 is 10.1 Å². The van der Waals surface area contributed by atoms with Crippen molar-refractivity contribution in [3.63, 3.8) is 0 Å². The fraction of sp³-hybridized carbons (Fsp3) is 0.474. The van der Waals surface area contributed by atoms with Crippen molar-refractivity contribution in [2.24, 2.45) is 0 Å². The SMILES string of the molecule is COc1cccc(-c2cc(C3(C(=O)NC4CCCC4)CC3)no2)c1. The highest BCUT2D eigenvalue weighted by Gasteiger charge is 2.54. The Balaban J connectivity index is 1.54. The number of rotatable bonds is 5. The lowest BCUT2D eigenvalue weighted by Gasteiger charge is -2.17. The van der Waals surface area contributed by atoms with Crippen molar-refractivity contribution in [2.45, 2.75) is 50.0 Å². The minimum Gasteiger partial charge on any atom is -0.497 e. The molecular weight excluding hydrogens is 304 g/mol. The third-order valence-electron chi connectivity index (χ3n) is 5.23. The molecule has 1 heterocycles. The van der Waals surface area contributed by atoms with Crippen LogP contribution in [-0.2, 0) is 10.2 Å². The van der Waals surface area contributed by atoms with Crippen molar-refractivity contribution in [3.05, 3.63) is 36.0 Å². The second-order valence-corrected chi connectivity index (χ2v) is 6.85. The monoisotopic (exact) mass is 326 g/mol. The molecule has 0 unspecified atom stereocenters. The number of hydrogen-bond donors (Lipinski definition) is 1. The molecule has 5 nitrogen and oxygen atoms in total. The van der Waals surface area contributed by atoms with E-state index in [1.54, 1.807) is 7.11 Å². The summed E-state index contributed by atoms with van der Waals surface area (Å²) < 4.78 is 10.8. The van der Waals surface area contributed by atoms with E-state index in [0.29, 0.717) is 11.8 Å². The van der Waals surface area contributed by atoms with Gasteiger partial charge in [0.05, 0.1) is 18.2 Å². The summed E-state index contributed by atoms with van der Waals surface area (Å²) in [6.45, 7) is 0. The van der Waals surface area contributed by atoms with Crippen LogP contribution in [0.3, 0.4) is 0 Å². The first-order valence-electron chi connectivity index (χ1n) is 8.64. The van der Waals surface area contributed by atoms with E-state index in [4.69, 9.17) is 9.26 Å². The number of methoxy groups -OCH3 is 1. The van der Waals surface area contributed by atoms with E-state index >= 15 is 0 Å². The first-order chi connectivity index (χ1) is 11.7. The molecule has 2 fully saturated rings. The average Bonchev–Trinajstić information content (AvgIpc) is 3.03. The van der Waals surface area contributed by atoms with Gasteiger partial charge in [0.25, 0.3) is 0 Å². The molecule has 5 heteroatoms. The summed E-state index contributed by atoms with van der Waals surface area (Å²) in [4.78, 5) is 12.7. The summed E-state index contributed by atoms with van der Waals surface area (Å²) in [6, 6.07) is 9.89. The number of aromatic nitrogens is 1. The van der Waals surface area contributed by atoms with Crippen molar-refractivity contribution >= 4 is 5.91 Å². The van der Waals surface area contributed by atoms with E-state index in [-0.39, 0.29) is 5.91 Å². The summed E-state index contributed by atoms with van der Waals surface area (Å²) >= 11 is 0. The molecule has 24 heavy (non-hydrogen) atoms. The van der Waals surface area contributed by atoms with Gasteiger partial charge >= 0.3 is 0 Å². The summed E-state index contributed by atoms with van der Waals surface area (Å²) in [6.07, 6.45) is 6.29. The van der Waals surface area contributed by atoms with Crippen molar-refractivity contribution in [2.75, 3.05) is 7.11 Å². The van der Waals surface area contributed by atoms with Gasteiger partial charge in [-0.15, -0.1) is 0 Å². The van der Waals surface area contributed by atoms with Gasteiger partial charge in [-0.2, -0.15) is 0 Å². The van der Waals surface area contributed by atoms with Gasteiger partial charge in [0.2, 0.25) is 5.91 Å². The van der Waals surface area contributed by atoms with Crippen LogP contribution in [0.5, 0.6) is 5.75 Å². The number of carbonyl (C=O) groups excluding carboxylic acids is 1. The molecule has 126 valence electrons. The molecule has 1 aromatic heterocycles. The van der Waals surface area contributed by atoms with Gasteiger partial charge in [0.15, 0.2) is 5.76 Å². The number of ether oxygens (including phenoxy) is 1. The Morgan fingerprint density at radius 2 is 2.08 bits per heavy atom. The standard InChI is InChI=1S/C19H22N2O3/c1-23-15-8-4-5-13(11-15)16-12-17(21-24-16)19(9-10-19)18(22)20-14-6-2-3-7-14/h4-5,8,11-12,14H,2-3,6-7,9-10H2,1H3,(H,20,22). The van der Waals surface area contributed by atoms with E-state index < -0.39 is 5.41 Å². The highest BCUT2D eigenvalue weighted by Crippen LogP contribution is 2.49. The zero-order valence-corrected chi connectivity index (χ0v) is 13.9. The zero-order valence-electron chi connectivity index (χ0n) is 13.9. The van der Waals surface area contributed by atoms with Crippen LogP contribution in [0.15, 0.2) is 34.9 Å². The summed E-state index contributed by atoms with van der Waals surface area (Å²) in [7, 11) is 1.64. The minimum absolute atomic E-state index is 0.111. The molecule has 1 amide bonds. The zero-order chi connectivity index (χ0) is 16.6. The molecular formula is C19H22N2O3. The molecule has 2 saturated carbocycles. The predicted molar refractivity (Wildman–Crippen MR) is 89.8 cm³/mol. The molecule has 2 aromatic rings. The second-order valence-electron chi connectivity index (χ2n) is 6.85. The Hall–Kier alpha value is -2.30. The molecule has 0 bridgehead atoms. The lowest BCUT2D eigenvalue weighted by atomic mass is 9.99. The first-order valence-corrected chi connectivity index (χ1v) is 8.64. The third-order valence-corrected chi connectivity index (χ3v) is 5.23. The molecule has 1 aromatic carbocycles. The van der Waals surface area contributed by atoms with Gasteiger partial charge in [0.1, 0.15) is 5.75 Å². The molecule has 0 spiro atoms. The number of nitrogens with one attached hydrogen (secondary N) is 1. The Labute approximate surface area is 141 Å². The van der Waals surface area contributed by atoms with E-state index in [9.17, 15) is 4.79 Å². The van der Waals surface area contributed by atoms with E-state index in [2.05, 4.69) is 10.5 Å². The Kier molecular flexibility index (Phi) is 3.79. The lowest BCUT2D eigenvalue weighted by Crippen LogP contribution is -2.40. The van der Waals surface area contributed by atoms with E-state index in [1.165, 1.54) is 12.8 Å². The number of nitrogens with zero attached hydrogens (tertiary/aromatic N) is 1. The molecule has 0 saturated heterocycles. The molecule has 0 aliphatic heterocycles. The fourth-order valence-corrected chi connectivity index (χ4v) is 3.53. The highest BCUT2D eigenvalue weighted by molar-refractivity contribution is 5.91. The topological polar surface area (TPSA) is 64.4 Å². The predicted octanol–water partition coefficient (Wildman–Crippen LogP) is 3.44. The van der Waals surface area contributed by atoms with Gasteiger partial charge in [-0.05, 0) is 37.8 Å². The van der Waals surface area contributed by atoms with Crippen molar-refractivity contribution in [3.8, 4) is 17.1 Å². The molecule has 1 N–H and O–H groups in total. The lowest BCUT2D eigenvalue weighted by molar-refractivity contribution is -0.124. The van der Waals surface area contributed by atoms with Gasteiger partial charge in [-0.1, -0.05) is 30.1 Å². The maximum Gasteiger partial charge on any atom is 0.232 e. The Bertz CT molecular complexity index is 743. The largest absolute Gasteiger partial charge is 0.497 e. The van der Waals surface area contributed by atoms with E-state index in [0.717, 1.165) is 42.7 Å². The number of benzene rings is 1. The van der Waals surface area contributed by atoms with Crippen LogP contribution in [0, 0.1) is 0 Å². The van der Waals surface area contributed by atoms with Gasteiger partial charge in [-0.25, -0.2) is 0 Å². The molecule has 2 aliphatic rings. The number of amides is 1. The van der Waals surface area contributed by atoms with Gasteiger partial charge < -0.3 is 14.6 Å². The minimum atomic E-state index is -0.483. The Morgan fingerprint density at radius 1 is 1.29 bits per heavy atom. The third kappa shape index (κ3) is 2.68. The summed E-state index contributed by atoms with van der Waals surface area (Å²) in [5, 5.41) is 7.41. The first kappa shape index (κ1) is 15.2. The van der Waals surface area contributed by atoms with Crippen molar-refractivity contribution < 1.29 is 14.1 Å². The van der Waals surface area contributed by atoms with Crippen molar-refractivity contribution in [1.29, 1.82) is 0 Å². The van der Waals surface area contributed by atoms with Gasteiger partial charge in [0, 0.05) is 17.7 Å². The van der Waals surface area contributed by atoms with Crippen LogP contribution in [0.2, 0.25) is 0 Å². The van der Waals surface area contributed by atoms with Crippen LogP contribution in [0.25, 0.3) is 11.3 Å². The molecule has 0 radical (unpaired) electrons. The molecule has 0 atom stereocenters. The molecule has 2 aliphatic carbocycles. The highest BCUT2D eigenvalue weighted by atomic mass is 16.5. The second kappa shape index (κ2) is 5.96. The smallest absolute Gasteiger partial charge is 0.232 e. The average molecular weight is 326 g/mol. The van der Waals surface area contributed by atoms with Crippen LogP contribution >= 0.6 is 0 Å². The molecule has 4 rings (SSSR count). The number of hydrogen-bond acceptors (Lipinski definition) is 4. The maximum absolute atomic E-state index is 12.7. The fourth-order valence-electron chi connectivity index (χ4n) is 3.53.